The van der Waals surface area contributed by atoms with E-state index >= 15 is 0 Å². The summed E-state index contributed by atoms with van der Waals surface area (Å²) in [6, 6.07) is 9.79. The minimum atomic E-state index is -3.88. The first-order valence-electron chi connectivity index (χ1n) is 5.69. The van der Waals surface area contributed by atoms with Gasteiger partial charge in [0, 0.05) is 12.2 Å². The number of sulfonamides is 1. The van der Waals surface area contributed by atoms with Crippen LogP contribution >= 0.6 is 11.6 Å². The third kappa shape index (κ3) is 3.27. The summed E-state index contributed by atoms with van der Waals surface area (Å²) in [6.07, 6.45) is 0. The SMILES string of the molecule is NCc1cccc(NS(=O)(=O)c2ccc(F)cc2Cl)c1. The van der Waals surface area contributed by atoms with Crippen LogP contribution in [-0.4, -0.2) is 8.42 Å². The quantitative estimate of drug-likeness (QED) is 0.911. The molecule has 0 aliphatic heterocycles. The van der Waals surface area contributed by atoms with Crippen molar-refractivity contribution in [2.45, 2.75) is 11.4 Å². The van der Waals surface area contributed by atoms with Gasteiger partial charge in [0.1, 0.15) is 10.7 Å². The van der Waals surface area contributed by atoms with Gasteiger partial charge in [-0.25, -0.2) is 12.8 Å². The predicted molar refractivity (Wildman–Crippen MR) is 76.6 cm³/mol. The van der Waals surface area contributed by atoms with Crippen LogP contribution in [0.1, 0.15) is 5.56 Å². The van der Waals surface area contributed by atoms with E-state index in [0.717, 1.165) is 23.8 Å². The summed E-state index contributed by atoms with van der Waals surface area (Å²) in [7, 11) is -3.88. The normalized spacial score (nSPS) is 11.3. The van der Waals surface area contributed by atoms with Crippen LogP contribution in [-0.2, 0) is 16.6 Å². The van der Waals surface area contributed by atoms with Crippen molar-refractivity contribution < 1.29 is 12.8 Å². The van der Waals surface area contributed by atoms with E-state index in [9.17, 15) is 12.8 Å². The molecule has 20 heavy (non-hydrogen) atoms. The van der Waals surface area contributed by atoms with Crippen molar-refractivity contribution in [3.63, 3.8) is 0 Å². The highest BCUT2D eigenvalue weighted by Crippen LogP contribution is 2.24. The van der Waals surface area contributed by atoms with Gasteiger partial charge in [-0.2, -0.15) is 0 Å². The topological polar surface area (TPSA) is 72.2 Å². The molecular formula is C13H12ClFN2O2S. The molecule has 0 radical (unpaired) electrons. The van der Waals surface area contributed by atoms with Crippen molar-refractivity contribution >= 4 is 27.3 Å². The Hall–Kier alpha value is -1.63. The Morgan fingerprint density at radius 2 is 1.95 bits per heavy atom. The number of rotatable bonds is 4. The molecule has 0 saturated heterocycles. The maximum absolute atomic E-state index is 12.9. The fourth-order valence-corrected chi connectivity index (χ4v) is 3.25. The Kier molecular flexibility index (Phi) is 4.27. The molecule has 4 nitrogen and oxygen atoms in total. The zero-order valence-corrected chi connectivity index (χ0v) is 11.9. The van der Waals surface area contributed by atoms with Crippen LogP contribution in [0.15, 0.2) is 47.4 Å². The predicted octanol–water partition coefficient (Wildman–Crippen LogP) is 2.74. The van der Waals surface area contributed by atoms with E-state index in [1.807, 2.05) is 0 Å². The first-order valence-corrected chi connectivity index (χ1v) is 7.55. The molecule has 0 aliphatic carbocycles. The minimum absolute atomic E-state index is 0.174. The largest absolute Gasteiger partial charge is 0.326 e. The van der Waals surface area contributed by atoms with Crippen molar-refractivity contribution in [1.29, 1.82) is 0 Å². The van der Waals surface area contributed by atoms with E-state index in [4.69, 9.17) is 17.3 Å². The van der Waals surface area contributed by atoms with Gasteiger partial charge in [0.2, 0.25) is 0 Å². The molecule has 0 unspecified atom stereocenters. The molecule has 0 atom stereocenters. The van der Waals surface area contributed by atoms with Crippen molar-refractivity contribution in [1.82, 2.24) is 0 Å². The van der Waals surface area contributed by atoms with Crippen LogP contribution in [0, 0.1) is 5.82 Å². The van der Waals surface area contributed by atoms with Crippen LogP contribution in [0.25, 0.3) is 0 Å². The van der Waals surface area contributed by atoms with Gasteiger partial charge in [0.05, 0.1) is 5.02 Å². The number of hydrogen-bond acceptors (Lipinski definition) is 3. The summed E-state index contributed by atoms with van der Waals surface area (Å²) in [6.45, 7) is 0.298. The highest BCUT2D eigenvalue weighted by molar-refractivity contribution is 7.92. The Bertz CT molecular complexity index is 735. The molecule has 0 spiro atoms. The molecule has 0 fully saturated rings. The molecule has 0 bridgehead atoms. The number of nitrogens with one attached hydrogen (secondary N) is 1. The van der Waals surface area contributed by atoms with Gasteiger partial charge >= 0.3 is 0 Å². The van der Waals surface area contributed by atoms with Crippen LogP contribution in [0.5, 0.6) is 0 Å². The highest BCUT2D eigenvalue weighted by atomic mass is 35.5. The third-order valence-corrected chi connectivity index (χ3v) is 4.46. The molecule has 0 aromatic heterocycles. The van der Waals surface area contributed by atoms with Gasteiger partial charge in [0.15, 0.2) is 0 Å². The molecule has 2 aromatic carbocycles. The summed E-state index contributed by atoms with van der Waals surface area (Å²) < 4.78 is 39.7. The van der Waals surface area contributed by atoms with E-state index in [-0.39, 0.29) is 9.92 Å². The lowest BCUT2D eigenvalue weighted by atomic mass is 10.2. The van der Waals surface area contributed by atoms with Crippen LogP contribution in [0.4, 0.5) is 10.1 Å². The first kappa shape index (κ1) is 14.8. The first-order chi connectivity index (χ1) is 9.42. The van der Waals surface area contributed by atoms with Gasteiger partial charge in [-0.05, 0) is 35.9 Å². The van der Waals surface area contributed by atoms with E-state index in [1.54, 1.807) is 24.3 Å². The van der Waals surface area contributed by atoms with Crippen LogP contribution in [0.2, 0.25) is 5.02 Å². The summed E-state index contributed by atoms with van der Waals surface area (Å²) in [5.74, 6) is -0.598. The van der Waals surface area contributed by atoms with Gasteiger partial charge < -0.3 is 5.73 Å². The number of benzene rings is 2. The maximum Gasteiger partial charge on any atom is 0.263 e. The average molecular weight is 315 g/mol. The molecule has 106 valence electrons. The van der Waals surface area contributed by atoms with Crippen molar-refractivity contribution in [2.75, 3.05) is 4.72 Å². The smallest absolute Gasteiger partial charge is 0.263 e. The van der Waals surface area contributed by atoms with Crippen molar-refractivity contribution in [2.24, 2.45) is 5.73 Å². The standard InChI is InChI=1S/C13H12ClFN2O2S/c14-12-7-10(15)4-5-13(12)20(18,19)17-11-3-1-2-9(6-11)8-16/h1-7,17H,8,16H2. The molecule has 0 saturated carbocycles. The summed E-state index contributed by atoms with van der Waals surface area (Å²) in [4.78, 5) is -0.182. The van der Waals surface area contributed by atoms with Crippen LogP contribution < -0.4 is 10.5 Å². The number of hydrogen-bond donors (Lipinski definition) is 2. The van der Waals surface area contributed by atoms with Gasteiger partial charge in [-0.3, -0.25) is 4.72 Å². The molecule has 0 aliphatic rings. The monoisotopic (exact) mass is 314 g/mol. The molecule has 3 N–H and O–H groups in total. The maximum atomic E-state index is 12.9. The van der Waals surface area contributed by atoms with E-state index < -0.39 is 15.8 Å². The number of halogens is 2. The third-order valence-electron chi connectivity index (χ3n) is 2.60. The summed E-state index contributed by atoms with van der Waals surface area (Å²) in [5.41, 5.74) is 6.65. The minimum Gasteiger partial charge on any atom is -0.326 e. The van der Waals surface area contributed by atoms with Crippen molar-refractivity contribution in [3.8, 4) is 0 Å². The lowest BCUT2D eigenvalue weighted by molar-refractivity contribution is 0.600. The fraction of sp³-hybridized carbons (Fsp3) is 0.0769. The Morgan fingerprint density at radius 1 is 1.20 bits per heavy atom. The van der Waals surface area contributed by atoms with Crippen molar-refractivity contribution in [3.05, 3.63) is 58.9 Å². The number of anilines is 1. The van der Waals surface area contributed by atoms with Gasteiger partial charge in [0.25, 0.3) is 10.0 Å². The molecule has 2 rings (SSSR count). The highest BCUT2D eigenvalue weighted by Gasteiger charge is 2.18. The van der Waals surface area contributed by atoms with E-state index in [0.29, 0.717) is 12.2 Å². The second kappa shape index (κ2) is 5.78. The Labute approximate surface area is 121 Å². The summed E-state index contributed by atoms with van der Waals surface area (Å²) >= 11 is 5.76. The molecule has 7 heteroatoms. The van der Waals surface area contributed by atoms with E-state index in [2.05, 4.69) is 4.72 Å². The zero-order chi connectivity index (χ0) is 14.8. The lowest BCUT2D eigenvalue weighted by Gasteiger charge is -2.10. The van der Waals surface area contributed by atoms with Gasteiger partial charge in [-0.15, -0.1) is 0 Å². The van der Waals surface area contributed by atoms with E-state index in [1.165, 1.54) is 0 Å². The Balaban J connectivity index is 2.35. The summed E-state index contributed by atoms with van der Waals surface area (Å²) in [5, 5.41) is -0.174. The number of nitrogens with two attached hydrogens (primary N) is 1. The Morgan fingerprint density at radius 3 is 2.60 bits per heavy atom. The second-order valence-electron chi connectivity index (χ2n) is 4.08. The molecule has 0 heterocycles. The zero-order valence-electron chi connectivity index (χ0n) is 10.3. The average Bonchev–Trinajstić information content (AvgIpc) is 2.37. The molecule has 2 aromatic rings. The second-order valence-corrected chi connectivity index (χ2v) is 6.14. The van der Waals surface area contributed by atoms with Crippen LogP contribution in [0.3, 0.4) is 0 Å². The fourth-order valence-electron chi connectivity index (χ4n) is 1.67. The molecule has 0 amide bonds. The lowest BCUT2D eigenvalue weighted by Crippen LogP contribution is -2.14. The van der Waals surface area contributed by atoms with Gasteiger partial charge in [-0.1, -0.05) is 23.7 Å². The molecular weight excluding hydrogens is 303 g/mol.